The van der Waals surface area contributed by atoms with E-state index in [0.717, 1.165) is 25.9 Å². The number of aryl methyl sites for hydroxylation is 1. The van der Waals surface area contributed by atoms with Crippen LogP contribution in [-0.2, 0) is 4.79 Å². The number of rotatable bonds is 5. The van der Waals surface area contributed by atoms with Gasteiger partial charge in [-0.05, 0) is 62.2 Å². The quantitative estimate of drug-likeness (QED) is 0.526. The summed E-state index contributed by atoms with van der Waals surface area (Å²) in [6.07, 6.45) is 1.63. The van der Waals surface area contributed by atoms with Crippen molar-refractivity contribution in [3.05, 3.63) is 83.4 Å². The highest BCUT2D eigenvalue weighted by Crippen LogP contribution is 2.33. The average Bonchev–Trinajstić information content (AvgIpc) is 2.77. The fourth-order valence-corrected chi connectivity index (χ4v) is 3.87. The molecule has 1 N–H and O–H groups in total. The number of halogens is 1. The summed E-state index contributed by atoms with van der Waals surface area (Å²) in [6.45, 7) is 3.82. The van der Waals surface area contributed by atoms with Crippen molar-refractivity contribution in [3.8, 4) is 11.5 Å². The molecule has 1 aliphatic rings. The summed E-state index contributed by atoms with van der Waals surface area (Å²) in [5.41, 5.74) is 3.06. The van der Waals surface area contributed by atoms with Crippen molar-refractivity contribution in [2.24, 2.45) is 5.92 Å². The normalized spacial score (nSPS) is 14.4. The van der Waals surface area contributed by atoms with Gasteiger partial charge in [-0.3, -0.25) is 4.79 Å². The van der Waals surface area contributed by atoms with Gasteiger partial charge in [0.15, 0.2) is 5.75 Å². The number of para-hydroxylation sites is 1. The van der Waals surface area contributed by atoms with Gasteiger partial charge in [0.05, 0.1) is 5.69 Å². The molecule has 0 unspecified atom stereocenters. The number of carbonyl (C=O) groups is 1. The van der Waals surface area contributed by atoms with Crippen LogP contribution in [0.3, 0.4) is 0 Å². The number of ether oxygens (including phenoxy) is 1. The Morgan fingerprint density at radius 3 is 2.40 bits per heavy atom. The number of hydrogen-bond acceptors (Lipinski definition) is 3. The van der Waals surface area contributed by atoms with Gasteiger partial charge in [-0.2, -0.15) is 0 Å². The predicted octanol–water partition coefficient (Wildman–Crippen LogP) is 6.30. The number of piperidine rings is 1. The van der Waals surface area contributed by atoms with E-state index in [1.165, 1.54) is 11.3 Å². The monoisotopic (exact) mass is 420 g/mol. The highest BCUT2D eigenvalue weighted by molar-refractivity contribution is 6.31. The molecule has 1 aliphatic heterocycles. The molecule has 1 heterocycles. The first kappa shape index (κ1) is 20.3. The Kier molecular flexibility index (Phi) is 6.24. The third-order valence-corrected chi connectivity index (χ3v) is 5.67. The summed E-state index contributed by atoms with van der Waals surface area (Å²) >= 11 is 6.17. The summed E-state index contributed by atoms with van der Waals surface area (Å²) in [4.78, 5) is 15.3. The molecule has 4 nitrogen and oxygen atoms in total. The van der Waals surface area contributed by atoms with Gasteiger partial charge in [0, 0.05) is 29.7 Å². The first-order valence-corrected chi connectivity index (χ1v) is 10.6. The maximum Gasteiger partial charge on any atom is 0.227 e. The van der Waals surface area contributed by atoms with Crippen molar-refractivity contribution in [1.29, 1.82) is 0 Å². The van der Waals surface area contributed by atoms with Crippen molar-refractivity contribution < 1.29 is 9.53 Å². The largest absolute Gasteiger partial charge is 0.455 e. The van der Waals surface area contributed by atoms with Crippen molar-refractivity contribution >= 4 is 28.9 Å². The van der Waals surface area contributed by atoms with Crippen molar-refractivity contribution in [2.75, 3.05) is 23.3 Å². The lowest BCUT2D eigenvalue weighted by molar-refractivity contribution is -0.120. The highest BCUT2D eigenvalue weighted by Gasteiger charge is 2.26. The number of amides is 1. The molecule has 154 valence electrons. The van der Waals surface area contributed by atoms with Gasteiger partial charge < -0.3 is 15.0 Å². The second-order valence-corrected chi connectivity index (χ2v) is 8.08. The summed E-state index contributed by atoms with van der Waals surface area (Å²) < 4.78 is 5.96. The second-order valence-electron chi connectivity index (χ2n) is 7.64. The topological polar surface area (TPSA) is 41.6 Å². The van der Waals surface area contributed by atoms with Crippen LogP contribution in [0.25, 0.3) is 0 Å². The van der Waals surface area contributed by atoms with Gasteiger partial charge in [-0.25, -0.2) is 0 Å². The van der Waals surface area contributed by atoms with E-state index in [0.29, 0.717) is 22.2 Å². The lowest BCUT2D eigenvalue weighted by Crippen LogP contribution is -2.38. The van der Waals surface area contributed by atoms with E-state index in [2.05, 4.69) is 41.4 Å². The zero-order valence-corrected chi connectivity index (χ0v) is 17.7. The number of hydrogen-bond donors (Lipinski definition) is 1. The van der Waals surface area contributed by atoms with Gasteiger partial charge in [-0.1, -0.05) is 47.5 Å². The summed E-state index contributed by atoms with van der Waals surface area (Å²) in [7, 11) is 0. The number of carbonyl (C=O) groups excluding carboxylic acids is 1. The third-order valence-electron chi connectivity index (χ3n) is 5.44. The minimum atomic E-state index is -0.0322. The number of nitrogens with one attached hydrogen (secondary N) is 1. The molecule has 0 aliphatic carbocycles. The lowest BCUT2D eigenvalue weighted by Gasteiger charge is -2.33. The van der Waals surface area contributed by atoms with Crippen LogP contribution in [0.5, 0.6) is 11.5 Å². The number of anilines is 2. The predicted molar refractivity (Wildman–Crippen MR) is 123 cm³/mol. The van der Waals surface area contributed by atoms with Crippen LogP contribution in [0.4, 0.5) is 11.4 Å². The molecule has 1 fully saturated rings. The van der Waals surface area contributed by atoms with Crippen LogP contribution in [0.15, 0.2) is 72.8 Å². The van der Waals surface area contributed by atoms with Gasteiger partial charge >= 0.3 is 0 Å². The van der Waals surface area contributed by atoms with Crippen LogP contribution in [-0.4, -0.2) is 19.0 Å². The number of nitrogens with zero attached hydrogens (tertiary/aromatic N) is 1. The minimum Gasteiger partial charge on any atom is -0.455 e. The molecule has 0 radical (unpaired) electrons. The van der Waals surface area contributed by atoms with Gasteiger partial charge in [-0.15, -0.1) is 0 Å². The van der Waals surface area contributed by atoms with Crippen molar-refractivity contribution in [1.82, 2.24) is 0 Å². The molecule has 0 spiro atoms. The summed E-state index contributed by atoms with van der Waals surface area (Å²) in [6, 6.07) is 23.3. The molecular weight excluding hydrogens is 396 g/mol. The molecule has 0 bridgehead atoms. The van der Waals surface area contributed by atoms with E-state index < -0.39 is 0 Å². The third kappa shape index (κ3) is 4.95. The Morgan fingerprint density at radius 1 is 1.00 bits per heavy atom. The zero-order chi connectivity index (χ0) is 20.9. The molecule has 30 heavy (non-hydrogen) atoms. The van der Waals surface area contributed by atoms with Crippen LogP contribution < -0.4 is 15.0 Å². The second kappa shape index (κ2) is 9.23. The van der Waals surface area contributed by atoms with E-state index in [1.807, 2.05) is 30.3 Å². The Balaban J connectivity index is 1.40. The molecule has 0 atom stereocenters. The Labute approximate surface area is 182 Å². The lowest BCUT2D eigenvalue weighted by atomic mass is 9.95. The molecule has 0 aromatic heterocycles. The first-order valence-electron chi connectivity index (χ1n) is 10.2. The molecular formula is C25H25ClN2O2. The van der Waals surface area contributed by atoms with E-state index >= 15 is 0 Å². The van der Waals surface area contributed by atoms with Crippen LogP contribution in [0.2, 0.25) is 5.02 Å². The smallest absolute Gasteiger partial charge is 0.227 e. The van der Waals surface area contributed by atoms with Crippen molar-refractivity contribution in [3.63, 3.8) is 0 Å². The fraction of sp³-hybridized carbons (Fsp3) is 0.240. The minimum absolute atomic E-state index is 0.0127. The molecule has 4 rings (SSSR count). The maximum atomic E-state index is 12.9. The van der Waals surface area contributed by atoms with Gasteiger partial charge in [0.2, 0.25) is 5.91 Å². The molecule has 1 saturated heterocycles. The summed E-state index contributed by atoms with van der Waals surface area (Å²) in [5, 5.41) is 3.59. The van der Waals surface area contributed by atoms with E-state index in [1.54, 1.807) is 18.2 Å². The van der Waals surface area contributed by atoms with E-state index in [4.69, 9.17) is 16.3 Å². The molecule has 1 amide bonds. The first-order chi connectivity index (χ1) is 14.6. The maximum absolute atomic E-state index is 12.9. The van der Waals surface area contributed by atoms with Gasteiger partial charge in [0.1, 0.15) is 5.75 Å². The SMILES string of the molecule is Cc1ccc(N2CCC(C(=O)Nc3cc(Cl)ccc3Oc3ccccc3)CC2)cc1. The van der Waals surface area contributed by atoms with E-state index in [-0.39, 0.29) is 11.8 Å². The van der Waals surface area contributed by atoms with E-state index in [9.17, 15) is 4.79 Å². The zero-order valence-electron chi connectivity index (χ0n) is 17.0. The van der Waals surface area contributed by atoms with Crippen LogP contribution >= 0.6 is 11.6 Å². The Hall–Kier alpha value is -2.98. The molecule has 0 saturated carbocycles. The van der Waals surface area contributed by atoms with Crippen LogP contribution in [0.1, 0.15) is 18.4 Å². The standard InChI is InChI=1S/C25H25ClN2O2/c1-18-7-10-21(11-8-18)28-15-13-19(14-16-28)25(29)27-23-17-20(26)9-12-24(23)30-22-5-3-2-4-6-22/h2-12,17,19H,13-16H2,1H3,(H,27,29). The molecule has 5 heteroatoms. The van der Waals surface area contributed by atoms with Crippen molar-refractivity contribution in [2.45, 2.75) is 19.8 Å². The van der Waals surface area contributed by atoms with Gasteiger partial charge in [0.25, 0.3) is 0 Å². The highest BCUT2D eigenvalue weighted by atomic mass is 35.5. The Morgan fingerprint density at radius 2 is 1.70 bits per heavy atom. The molecule has 3 aromatic rings. The Bertz CT molecular complexity index is 997. The molecule has 3 aromatic carbocycles. The fourth-order valence-electron chi connectivity index (χ4n) is 3.69. The average molecular weight is 421 g/mol. The summed E-state index contributed by atoms with van der Waals surface area (Å²) in [5.74, 6) is 1.27. The van der Waals surface area contributed by atoms with Crippen LogP contribution in [0, 0.1) is 12.8 Å². The number of benzene rings is 3.